The van der Waals surface area contributed by atoms with Crippen LogP contribution in [0.5, 0.6) is 0 Å². The van der Waals surface area contributed by atoms with E-state index in [0.717, 1.165) is 6.42 Å². The van der Waals surface area contributed by atoms with Crippen molar-refractivity contribution in [2.45, 2.75) is 43.6 Å². The summed E-state index contributed by atoms with van der Waals surface area (Å²) in [6.07, 6.45) is 0.966. The van der Waals surface area contributed by atoms with Crippen LogP contribution in [0.1, 0.15) is 26.7 Å². The fourth-order valence-corrected chi connectivity index (χ4v) is 3.96. The Bertz CT molecular complexity index is 460. The first-order valence-electron chi connectivity index (χ1n) is 6.63. The summed E-state index contributed by atoms with van der Waals surface area (Å²) in [7, 11) is -3.12. The molecule has 110 valence electrons. The van der Waals surface area contributed by atoms with Gasteiger partial charge in [-0.2, -0.15) is 0 Å². The standard InChI is InChI=1S/C12H22N2O4S/c1-12(2)8-14(5-6-19(12,16)17)11(15)10-4-3-9(7-13)18-10/h9-10H,3-8,13H2,1-2H3/t9-,10+/m1/s1. The average molecular weight is 290 g/mol. The van der Waals surface area contributed by atoms with Crippen LogP contribution in [-0.4, -0.2) is 61.6 Å². The van der Waals surface area contributed by atoms with Gasteiger partial charge in [0.25, 0.3) is 5.91 Å². The Morgan fingerprint density at radius 2 is 2.11 bits per heavy atom. The van der Waals surface area contributed by atoms with Gasteiger partial charge < -0.3 is 15.4 Å². The molecule has 2 aliphatic heterocycles. The Morgan fingerprint density at radius 3 is 2.63 bits per heavy atom. The lowest BCUT2D eigenvalue weighted by molar-refractivity contribution is -0.143. The summed E-state index contributed by atoms with van der Waals surface area (Å²) in [5, 5.41) is 0. The van der Waals surface area contributed by atoms with Crippen LogP contribution in [0, 0.1) is 0 Å². The first-order valence-corrected chi connectivity index (χ1v) is 8.29. The normalized spacial score (nSPS) is 33.3. The summed E-state index contributed by atoms with van der Waals surface area (Å²) < 4.78 is 28.5. The van der Waals surface area contributed by atoms with Gasteiger partial charge in [-0.05, 0) is 26.7 Å². The van der Waals surface area contributed by atoms with Gasteiger partial charge in [-0.3, -0.25) is 4.79 Å². The Hall–Kier alpha value is -0.660. The molecule has 2 rings (SSSR count). The molecule has 0 unspecified atom stereocenters. The third kappa shape index (κ3) is 2.78. The number of sulfone groups is 1. The SMILES string of the molecule is CC1(C)CN(C(=O)[C@@H]2CC[C@H](CN)O2)CCS1(=O)=O. The van der Waals surface area contributed by atoms with Crippen LogP contribution in [0.3, 0.4) is 0 Å². The quantitative estimate of drug-likeness (QED) is 0.742. The van der Waals surface area contributed by atoms with Gasteiger partial charge in [-0.15, -0.1) is 0 Å². The number of amides is 1. The molecule has 19 heavy (non-hydrogen) atoms. The summed E-state index contributed by atoms with van der Waals surface area (Å²) in [4.78, 5) is 13.9. The van der Waals surface area contributed by atoms with Crippen molar-refractivity contribution in [3.63, 3.8) is 0 Å². The molecule has 0 spiro atoms. The number of hydrogen-bond acceptors (Lipinski definition) is 5. The smallest absolute Gasteiger partial charge is 0.251 e. The predicted molar refractivity (Wildman–Crippen MR) is 71.4 cm³/mol. The highest BCUT2D eigenvalue weighted by Gasteiger charge is 2.43. The van der Waals surface area contributed by atoms with Gasteiger partial charge in [0.05, 0.1) is 16.6 Å². The molecule has 0 saturated carbocycles. The van der Waals surface area contributed by atoms with E-state index in [-0.39, 0.29) is 30.9 Å². The van der Waals surface area contributed by atoms with Gasteiger partial charge in [0.2, 0.25) is 0 Å². The van der Waals surface area contributed by atoms with E-state index in [1.165, 1.54) is 0 Å². The highest BCUT2D eigenvalue weighted by molar-refractivity contribution is 7.92. The lowest BCUT2D eigenvalue weighted by atomic mass is 10.1. The maximum atomic E-state index is 12.3. The van der Waals surface area contributed by atoms with E-state index in [1.807, 2.05) is 0 Å². The van der Waals surface area contributed by atoms with Crippen molar-refractivity contribution in [1.29, 1.82) is 0 Å². The van der Waals surface area contributed by atoms with E-state index in [1.54, 1.807) is 18.7 Å². The maximum absolute atomic E-state index is 12.3. The van der Waals surface area contributed by atoms with Crippen LogP contribution < -0.4 is 5.73 Å². The Labute approximate surface area is 114 Å². The van der Waals surface area contributed by atoms with Gasteiger partial charge in [-0.25, -0.2) is 8.42 Å². The zero-order valence-corrected chi connectivity index (χ0v) is 12.3. The fourth-order valence-electron chi connectivity index (χ4n) is 2.60. The van der Waals surface area contributed by atoms with E-state index in [2.05, 4.69) is 0 Å². The molecule has 6 nitrogen and oxygen atoms in total. The lowest BCUT2D eigenvalue weighted by Gasteiger charge is -2.38. The summed E-state index contributed by atoms with van der Waals surface area (Å²) in [6.45, 7) is 4.25. The van der Waals surface area contributed by atoms with E-state index in [9.17, 15) is 13.2 Å². The fraction of sp³-hybridized carbons (Fsp3) is 0.917. The molecule has 2 atom stereocenters. The van der Waals surface area contributed by atoms with Gasteiger partial charge in [0.1, 0.15) is 6.10 Å². The number of nitrogens with two attached hydrogens (primary N) is 1. The Morgan fingerprint density at radius 1 is 1.42 bits per heavy atom. The van der Waals surface area contributed by atoms with Crippen LogP contribution >= 0.6 is 0 Å². The molecule has 2 N–H and O–H groups in total. The zero-order valence-electron chi connectivity index (χ0n) is 11.5. The van der Waals surface area contributed by atoms with E-state index in [4.69, 9.17) is 10.5 Å². The van der Waals surface area contributed by atoms with Crippen molar-refractivity contribution in [3.8, 4) is 0 Å². The minimum atomic E-state index is -3.12. The van der Waals surface area contributed by atoms with Gasteiger partial charge in [0, 0.05) is 19.6 Å². The van der Waals surface area contributed by atoms with E-state index < -0.39 is 20.7 Å². The van der Waals surface area contributed by atoms with Gasteiger partial charge in [-0.1, -0.05) is 0 Å². The highest BCUT2D eigenvalue weighted by Crippen LogP contribution is 2.27. The van der Waals surface area contributed by atoms with E-state index >= 15 is 0 Å². The van der Waals surface area contributed by atoms with Crippen LogP contribution in [0.2, 0.25) is 0 Å². The molecule has 0 bridgehead atoms. The number of carbonyl (C=O) groups is 1. The second-order valence-corrected chi connectivity index (χ2v) is 8.64. The molecule has 0 aliphatic carbocycles. The number of rotatable bonds is 2. The summed E-state index contributed by atoms with van der Waals surface area (Å²) >= 11 is 0. The predicted octanol–water partition coefficient (Wildman–Crippen LogP) is -0.472. The first-order chi connectivity index (χ1) is 8.77. The molecule has 0 aromatic rings. The largest absolute Gasteiger partial charge is 0.364 e. The van der Waals surface area contributed by atoms with Crippen LogP contribution in [-0.2, 0) is 19.4 Å². The number of nitrogens with zero attached hydrogens (tertiary/aromatic N) is 1. The molecular formula is C12H22N2O4S. The van der Waals surface area contributed by atoms with Crippen LogP contribution in [0.4, 0.5) is 0 Å². The minimum Gasteiger partial charge on any atom is -0.364 e. The molecule has 2 aliphatic rings. The van der Waals surface area contributed by atoms with Crippen molar-refractivity contribution in [3.05, 3.63) is 0 Å². The molecule has 2 fully saturated rings. The molecule has 1 amide bonds. The summed E-state index contributed by atoms with van der Waals surface area (Å²) in [5.41, 5.74) is 5.52. The second kappa shape index (κ2) is 5.03. The molecule has 2 saturated heterocycles. The maximum Gasteiger partial charge on any atom is 0.251 e. The van der Waals surface area contributed by atoms with Crippen molar-refractivity contribution >= 4 is 15.7 Å². The zero-order chi connectivity index (χ0) is 14.3. The van der Waals surface area contributed by atoms with Crippen LogP contribution in [0.25, 0.3) is 0 Å². The Balaban J connectivity index is 2.02. The second-order valence-electron chi connectivity index (χ2n) is 5.90. The lowest BCUT2D eigenvalue weighted by Crippen LogP contribution is -2.56. The third-order valence-corrected chi connectivity index (χ3v) is 6.53. The van der Waals surface area contributed by atoms with Crippen molar-refractivity contribution in [2.24, 2.45) is 5.73 Å². The first kappa shape index (κ1) is 14.7. The summed E-state index contributed by atoms with van der Waals surface area (Å²) in [6, 6.07) is 0. The Kier molecular flexibility index (Phi) is 3.90. The average Bonchev–Trinajstić information content (AvgIpc) is 2.80. The number of carbonyl (C=O) groups excluding carboxylic acids is 1. The number of ether oxygens (including phenoxy) is 1. The topological polar surface area (TPSA) is 89.7 Å². The third-order valence-electron chi connectivity index (χ3n) is 4.00. The molecule has 0 radical (unpaired) electrons. The molecule has 0 aromatic heterocycles. The minimum absolute atomic E-state index is 0.0266. The molecule has 0 aromatic carbocycles. The summed E-state index contributed by atoms with van der Waals surface area (Å²) in [5.74, 6) is -0.0717. The number of hydrogen-bond donors (Lipinski definition) is 1. The van der Waals surface area contributed by atoms with Crippen molar-refractivity contribution < 1.29 is 17.9 Å². The van der Waals surface area contributed by atoms with Crippen molar-refractivity contribution in [1.82, 2.24) is 4.90 Å². The molecule has 7 heteroatoms. The van der Waals surface area contributed by atoms with Crippen molar-refractivity contribution in [2.75, 3.05) is 25.4 Å². The molecule has 2 heterocycles. The van der Waals surface area contributed by atoms with Crippen LogP contribution in [0.15, 0.2) is 0 Å². The van der Waals surface area contributed by atoms with Gasteiger partial charge in [0.15, 0.2) is 9.84 Å². The highest BCUT2D eigenvalue weighted by atomic mass is 32.2. The van der Waals surface area contributed by atoms with E-state index in [0.29, 0.717) is 13.0 Å². The molecular weight excluding hydrogens is 268 g/mol. The monoisotopic (exact) mass is 290 g/mol. The van der Waals surface area contributed by atoms with Gasteiger partial charge >= 0.3 is 0 Å².